The number of thiazole rings is 1. The second kappa shape index (κ2) is 7.70. The van der Waals surface area contributed by atoms with E-state index in [-0.39, 0.29) is 5.91 Å². The smallest absolute Gasteiger partial charge is 0.287 e. The number of aromatic nitrogens is 1. The van der Waals surface area contributed by atoms with E-state index < -0.39 is 0 Å². The first kappa shape index (κ1) is 18.0. The molecule has 1 amide bonds. The predicted molar refractivity (Wildman–Crippen MR) is 109 cm³/mol. The Labute approximate surface area is 162 Å². The summed E-state index contributed by atoms with van der Waals surface area (Å²) in [6.07, 6.45) is 1.51. The SMILES string of the molecule is Cc1cc(C)c2sc(N3CCN(CCNC(=O)c4ccco4)CC3)nc2c1. The van der Waals surface area contributed by atoms with Crippen molar-refractivity contribution in [3.63, 3.8) is 0 Å². The number of aryl methyl sites for hydroxylation is 2. The maximum absolute atomic E-state index is 11.9. The van der Waals surface area contributed by atoms with Gasteiger partial charge < -0.3 is 14.6 Å². The van der Waals surface area contributed by atoms with Gasteiger partial charge in [0.2, 0.25) is 0 Å². The lowest BCUT2D eigenvalue weighted by molar-refractivity contribution is 0.0920. The third-order valence-corrected chi connectivity index (χ3v) is 6.18. The molecule has 1 saturated heterocycles. The topological polar surface area (TPSA) is 61.6 Å². The highest BCUT2D eigenvalue weighted by atomic mass is 32.1. The van der Waals surface area contributed by atoms with Gasteiger partial charge in [0.05, 0.1) is 16.5 Å². The summed E-state index contributed by atoms with van der Waals surface area (Å²) in [5, 5.41) is 4.02. The third-order valence-electron chi connectivity index (χ3n) is 4.91. The molecule has 0 atom stereocenters. The first-order chi connectivity index (χ1) is 13.1. The number of nitrogens with one attached hydrogen (secondary N) is 1. The summed E-state index contributed by atoms with van der Waals surface area (Å²) in [5.74, 6) is 0.208. The van der Waals surface area contributed by atoms with E-state index in [0.29, 0.717) is 12.3 Å². The van der Waals surface area contributed by atoms with Crippen LogP contribution in [-0.4, -0.2) is 55.1 Å². The average Bonchev–Trinajstić information content (AvgIpc) is 3.32. The van der Waals surface area contributed by atoms with Crippen molar-refractivity contribution in [3.8, 4) is 0 Å². The molecule has 3 heterocycles. The van der Waals surface area contributed by atoms with Crippen molar-refractivity contribution in [1.82, 2.24) is 15.2 Å². The van der Waals surface area contributed by atoms with Crippen LogP contribution >= 0.6 is 11.3 Å². The Bertz CT molecular complexity index is 927. The number of amides is 1. The van der Waals surface area contributed by atoms with Crippen molar-refractivity contribution in [2.75, 3.05) is 44.2 Å². The van der Waals surface area contributed by atoms with Gasteiger partial charge >= 0.3 is 0 Å². The van der Waals surface area contributed by atoms with Crippen LogP contribution in [0.15, 0.2) is 34.9 Å². The fraction of sp³-hybridized carbons (Fsp3) is 0.400. The molecule has 0 bridgehead atoms. The lowest BCUT2D eigenvalue weighted by atomic mass is 10.1. The Morgan fingerprint density at radius 3 is 2.81 bits per heavy atom. The number of furan rings is 1. The number of rotatable bonds is 5. The number of fused-ring (bicyclic) bond motifs is 1. The summed E-state index contributed by atoms with van der Waals surface area (Å²) >= 11 is 1.79. The van der Waals surface area contributed by atoms with Crippen molar-refractivity contribution in [3.05, 3.63) is 47.4 Å². The van der Waals surface area contributed by atoms with Gasteiger partial charge in [-0.2, -0.15) is 0 Å². The molecule has 2 aromatic heterocycles. The molecule has 1 aliphatic rings. The molecule has 6 nitrogen and oxygen atoms in total. The minimum absolute atomic E-state index is 0.154. The van der Waals surface area contributed by atoms with Crippen molar-refractivity contribution in [1.29, 1.82) is 0 Å². The summed E-state index contributed by atoms with van der Waals surface area (Å²) in [7, 11) is 0. The van der Waals surface area contributed by atoms with Crippen LogP contribution in [0.2, 0.25) is 0 Å². The highest BCUT2D eigenvalue weighted by molar-refractivity contribution is 7.22. The minimum atomic E-state index is -0.154. The van der Waals surface area contributed by atoms with Crippen molar-refractivity contribution >= 4 is 32.6 Å². The van der Waals surface area contributed by atoms with Crippen molar-refractivity contribution in [2.24, 2.45) is 0 Å². The van der Waals surface area contributed by atoms with Crippen LogP contribution in [0.3, 0.4) is 0 Å². The van der Waals surface area contributed by atoms with E-state index in [1.165, 1.54) is 22.1 Å². The van der Waals surface area contributed by atoms with Crippen molar-refractivity contribution in [2.45, 2.75) is 13.8 Å². The van der Waals surface area contributed by atoms with Crippen LogP contribution < -0.4 is 10.2 Å². The van der Waals surface area contributed by atoms with Crippen LogP contribution in [0, 0.1) is 13.8 Å². The average molecular weight is 385 g/mol. The van der Waals surface area contributed by atoms with Gasteiger partial charge in [-0.3, -0.25) is 9.69 Å². The molecule has 0 unspecified atom stereocenters. The largest absolute Gasteiger partial charge is 0.459 e. The van der Waals surface area contributed by atoms with E-state index in [4.69, 9.17) is 9.40 Å². The molecule has 1 aliphatic heterocycles. The summed E-state index contributed by atoms with van der Waals surface area (Å²) in [5.41, 5.74) is 3.67. The first-order valence-electron chi connectivity index (χ1n) is 9.27. The quantitative estimate of drug-likeness (QED) is 0.733. The number of piperazine rings is 1. The molecule has 27 heavy (non-hydrogen) atoms. The molecular weight excluding hydrogens is 360 g/mol. The Morgan fingerprint density at radius 1 is 1.26 bits per heavy atom. The van der Waals surface area contributed by atoms with Gasteiger partial charge in [0.1, 0.15) is 0 Å². The Morgan fingerprint density at radius 2 is 2.07 bits per heavy atom. The number of hydrogen-bond acceptors (Lipinski definition) is 6. The van der Waals surface area contributed by atoms with E-state index in [1.807, 2.05) is 0 Å². The van der Waals surface area contributed by atoms with E-state index >= 15 is 0 Å². The van der Waals surface area contributed by atoms with Gasteiger partial charge in [-0.1, -0.05) is 17.4 Å². The van der Waals surface area contributed by atoms with Gasteiger partial charge in [-0.25, -0.2) is 4.98 Å². The molecule has 7 heteroatoms. The number of nitrogens with zero attached hydrogens (tertiary/aromatic N) is 3. The van der Waals surface area contributed by atoms with Gasteiger partial charge in [-0.15, -0.1) is 0 Å². The molecule has 3 aromatic rings. The summed E-state index contributed by atoms with van der Waals surface area (Å²) < 4.78 is 6.39. The maximum Gasteiger partial charge on any atom is 0.287 e. The molecule has 4 rings (SSSR count). The van der Waals surface area contributed by atoms with Crippen LogP contribution in [-0.2, 0) is 0 Å². The lowest BCUT2D eigenvalue weighted by Crippen LogP contribution is -2.48. The first-order valence-corrected chi connectivity index (χ1v) is 10.1. The predicted octanol–water partition coefficient (Wildman–Crippen LogP) is 3.06. The molecule has 0 spiro atoms. The van der Waals surface area contributed by atoms with E-state index in [2.05, 4.69) is 41.1 Å². The molecule has 0 aliphatic carbocycles. The third kappa shape index (κ3) is 3.99. The second-order valence-corrected chi connectivity index (χ2v) is 7.97. The van der Waals surface area contributed by atoms with Crippen molar-refractivity contribution < 1.29 is 9.21 Å². The van der Waals surface area contributed by atoms with Gasteiger partial charge in [0, 0.05) is 39.3 Å². The summed E-state index contributed by atoms with van der Waals surface area (Å²) in [6.45, 7) is 9.63. The minimum Gasteiger partial charge on any atom is -0.459 e. The highest BCUT2D eigenvalue weighted by Gasteiger charge is 2.20. The Kier molecular flexibility index (Phi) is 5.13. The highest BCUT2D eigenvalue weighted by Crippen LogP contribution is 2.32. The lowest BCUT2D eigenvalue weighted by Gasteiger charge is -2.34. The monoisotopic (exact) mass is 384 g/mol. The number of carbonyl (C=O) groups is 1. The fourth-order valence-corrected chi connectivity index (χ4v) is 4.55. The van der Waals surface area contributed by atoms with Crippen LogP contribution in [0.4, 0.5) is 5.13 Å². The van der Waals surface area contributed by atoms with Crippen LogP contribution in [0.5, 0.6) is 0 Å². The molecule has 0 radical (unpaired) electrons. The number of hydrogen-bond donors (Lipinski definition) is 1. The van der Waals surface area contributed by atoms with Gasteiger partial charge in [-0.05, 0) is 43.2 Å². The summed E-state index contributed by atoms with van der Waals surface area (Å²) in [6, 6.07) is 7.79. The van der Waals surface area contributed by atoms with Crippen LogP contribution in [0.25, 0.3) is 10.2 Å². The number of carbonyl (C=O) groups excluding carboxylic acids is 1. The fourth-order valence-electron chi connectivity index (χ4n) is 3.49. The van der Waals surface area contributed by atoms with Gasteiger partial charge in [0.15, 0.2) is 10.9 Å². The maximum atomic E-state index is 11.9. The summed E-state index contributed by atoms with van der Waals surface area (Å²) in [4.78, 5) is 21.5. The molecule has 1 aromatic carbocycles. The normalized spacial score (nSPS) is 15.4. The zero-order chi connectivity index (χ0) is 18.8. The Balaban J connectivity index is 1.29. The zero-order valence-electron chi connectivity index (χ0n) is 15.7. The van der Waals surface area contributed by atoms with E-state index in [0.717, 1.165) is 43.4 Å². The standard InChI is InChI=1S/C20H24N4O2S/c1-14-12-15(2)18-16(13-14)22-20(27-18)24-9-7-23(8-10-24)6-5-21-19(25)17-4-3-11-26-17/h3-4,11-13H,5-10H2,1-2H3,(H,21,25). The molecule has 0 saturated carbocycles. The van der Waals surface area contributed by atoms with Crippen LogP contribution in [0.1, 0.15) is 21.7 Å². The number of anilines is 1. The molecular formula is C20H24N4O2S. The second-order valence-electron chi connectivity index (χ2n) is 6.99. The Hall–Kier alpha value is -2.38. The molecule has 142 valence electrons. The number of benzene rings is 1. The molecule has 1 N–H and O–H groups in total. The van der Waals surface area contributed by atoms with Gasteiger partial charge in [0.25, 0.3) is 5.91 Å². The zero-order valence-corrected chi connectivity index (χ0v) is 16.5. The van der Waals surface area contributed by atoms with E-state index in [9.17, 15) is 4.79 Å². The molecule has 1 fully saturated rings. The van der Waals surface area contributed by atoms with E-state index in [1.54, 1.807) is 23.5 Å².